The summed E-state index contributed by atoms with van der Waals surface area (Å²) in [6.07, 6.45) is 3.23. The van der Waals surface area contributed by atoms with Gasteiger partial charge in [0.1, 0.15) is 5.75 Å². The van der Waals surface area contributed by atoms with Crippen molar-refractivity contribution in [1.29, 1.82) is 0 Å². The quantitative estimate of drug-likeness (QED) is 0.889. The van der Waals surface area contributed by atoms with Crippen LogP contribution >= 0.6 is 0 Å². The molecule has 2 unspecified atom stereocenters. The van der Waals surface area contributed by atoms with Crippen LogP contribution in [0, 0.1) is 11.3 Å². The van der Waals surface area contributed by atoms with Crippen LogP contribution in [0.4, 0.5) is 0 Å². The highest BCUT2D eigenvalue weighted by molar-refractivity contribution is 5.44. The first-order valence-electron chi connectivity index (χ1n) is 7.39. The van der Waals surface area contributed by atoms with Gasteiger partial charge in [0.25, 0.3) is 0 Å². The molecule has 2 N–H and O–H groups in total. The number of rotatable bonds is 3. The summed E-state index contributed by atoms with van der Waals surface area (Å²) in [4.78, 5) is 0. The normalized spacial score (nSPS) is 18.4. The number of nitrogens with two attached hydrogens (primary N) is 1. The third kappa shape index (κ3) is 3.30. The lowest BCUT2D eigenvalue weighted by atomic mass is 9.77. The zero-order valence-electron chi connectivity index (χ0n) is 12.7. The molecule has 1 aromatic rings. The summed E-state index contributed by atoms with van der Waals surface area (Å²) in [6.45, 7) is 9.95. The van der Waals surface area contributed by atoms with Crippen LogP contribution in [0.15, 0.2) is 18.2 Å². The summed E-state index contributed by atoms with van der Waals surface area (Å²) in [7, 11) is 0. The van der Waals surface area contributed by atoms with E-state index >= 15 is 0 Å². The molecule has 2 nitrogen and oxygen atoms in total. The second kappa shape index (κ2) is 5.54. The maximum atomic E-state index is 6.44. The summed E-state index contributed by atoms with van der Waals surface area (Å²) < 4.78 is 5.86. The van der Waals surface area contributed by atoms with Gasteiger partial charge in [-0.15, -0.1) is 0 Å². The summed E-state index contributed by atoms with van der Waals surface area (Å²) in [6, 6.07) is 6.48. The van der Waals surface area contributed by atoms with Gasteiger partial charge in [0.05, 0.1) is 6.61 Å². The number of benzene rings is 1. The lowest BCUT2D eigenvalue weighted by molar-refractivity contribution is 0.230. The molecule has 1 aliphatic rings. The summed E-state index contributed by atoms with van der Waals surface area (Å²) in [5, 5.41) is 0. The number of fused-ring (bicyclic) bond motifs is 1. The van der Waals surface area contributed by atoms with E-state index in [1.165, 1.54) is 11.1 Å². The smallest absolute Gasteiger partial charge is 0.127 e. The van der Waals surface area contributed by atoms with E-state index in [0.717, 1.165) is 31.6 Å². The van der Waals surface area contributed by atoms with E-state index < -0.39 is 0 Å². The first-order chi connectivity index (χ1) is 8.89. The average molecular weight is 261 g/mol. The van der Waals surface area contributed by atoms with E-state index in [1.807, 2.05) is 0 Å². The van der Waals surface area contributed by atoms with Gasteiger partial charge in [-0.05, 0) is 36.2 Å². The molecule has 106 valence electrons. The highest BCUT2D eigenvalue weighted by Gasteiger charge is 2.25. The number of para-hydroxylation sites is 1. The van der Waals surface area contributed by atoms with Gasteiger partial charge in [-0.3, -0.25) is 0 Å². The second-order valence-corrected chi connectivity index (χ2v) is 6.90. The molecule has 0 aliphatic carbocycles. The van der Waals surface area contributed by atoms with Gasteiger partial charge in [-0.2, -0.15) is 0 Å². The Balaban J connectivity index is 2.18. The Morgan fingerprint density at radius 2 is 2.05 bits per heavy atom. The highest BCUT2D eigenvalue weighted by Crippen LogP contribution is 2.37. The lowest BCUT2D eigenvalue weighted by Gasteiger charge is -2.31. The lowest BCUT2D eigenvalue weighted by Crippen LogP contribution is -2.24. The molecule has 2 rings (SSSR count). The van der Waals surface area contributed by atoms with Crippen LogP contribution < -0.4 is 10.5 Å². The molecular formula is C17H27NO. The first kappa shape index (κ1) is 14.4. The SMILES string of the molecule is CC(CC(N)c1cccc2c1OCCC2)C(C)(C)C. The second-order valence-electron chi connectivity index (χ2n) is 6.90. The van der Waals surface area contributed by atoms with Gasteiger partial charge >= 0.3 is 0 Å². The molecule has 1 aliphatic heterocycles. The van der Waals surface area contributed by atoms with Crippen molar-refractivity contribution in [3.05, 3.63) is 29.3 Å². The maximum Gasteiger partial charge on any atom is 0.127 e. The zero-order valence-corrected chi connectivity index (χ0v) is 12.7. The van der Waals surface area contributed by atoms with Gasteiger partial charge in [0.15, 0.2) is 0 Å². The number of hydrogen-bond acceptors (Lipinski definition) is 2. The van der Waals surface area contributed by atoms with Crippen LogP contribution in [0.3, 0.4) is 0 Å². The van der Waals surface area contributed by atoms with Crippen molar-refractivity contribution in [2.45, 2.75) is 53.0 Å². The van der Waals surface area contributed by atoms with Crippen LogP contribution in [0.1, 0.15) is 57.7 Å². The van der Waals surface area contributed by atoms with Crippen molar-refractivity contribution >= 4 is 0 Å². The molecule has 0 saturated heterocycles. The Labute approximate surface area is 117 Å². The van der Waals surface area contributed by atoms with Crippen LogP contribution in [0.5, 0.6) is 5.75 Å². The molecule has 0 aromatic heterocycles. The van der Waals surface area contributed by atoms with Gasteiger partial charge in [0.2, 0.25) is 0 Å². The molecule has 0 fully saturated rings. The van der Waals surface area contributed by atoms with Crippen LogP contribution in [0.25, 0.3) is 0 Å². The van der Waals surface area contributed by atoms with E-state index in [4.69, 9.17) is 10.5 Å². The number of ether oxygens (including phenoxy) is 1. The molecule has 1 heterocycles. The third-order valence-electron chi connectivity index (χ3n) is 4.45. The van der Waals surface area contributed by atoms with Gasteiger partial charge < -0.3 is 10.5 Å². The minimum absolute atomic E-state index is 0.0716. The molecule has 0 saturated carbocycles. The minimum atomic E-state index is 0.0716. The third-order valence-corrected chi connectivity index (χ3v) is 4.45. The molecule has 2 atom stereocenters. The van der Waals surface area contributed by atoms with Crippen molar-refractivity contribution < 1.29 is 4.74 Å². The molecule has 2 heteroatoms. The summed E-state index contributed by atoms with van der Waals surface area (Å²) in [5.41, 5.74) is 9.25. The van der Waals surface area contributed by atoms with Crippen molar-refractivity contribution in [2.24, 2.45) is 17.1 Å². The van der Waals surface area contributed by atoms with Crippen molar-refractivity contribution in [3.63, 3.8) is 0 Å². The Kier molecular flexibility index (Phi) is 4.19. The summed E-state index contributed by atoms with van der Waals surface area (Å²) in [5.74, 6) is 1.64. The van der Waals surface area contributed by atoms with Crippen LogP contribution in [-0.4, -0.2) is 6.61 Å². The van der Waals surface area contributed by atoms with Gasteiger partial charge in [0, 0.05) is 11.6 Å². The minimum Gasteiger partial charge on any atom is -0.493 e. The molecule has 0 radical (unpaired) electrons. The highest BCUT2D eigenvalue weighted by atomic mass is 16.5. The van der Waals surface area contributed by atoms with E-state index in [9.17, 15) is 0 Å². The zero-order chi connectivity index (χ0) is 14.0. The Bertz CT molecular complexity index is 433. The Morgan fingerprint density at radius 3 is 2.74 bits per heavy atom. The monoisotopic (exact) mass is 261 g/mol. The van der Waals surface area contributed by atoms with Crippen molar-refractivity contribution in [1.82, 2.24) is 0 Å². The van der Waals surface area contributed by atoms with Crippen LogP contribution in [0.2, 0.25) is 0 Å². The van der Waals surface area contributed by atoms with Gasteiger partial charge in [-0.25, -0.2) is 0 Å². The predicted octanol–water partition coefficient (Wildman–Crippen LogP) is 4.08. The molecule has 0 amide bonds. The molecular weight excluding hydrogens is 234 g/mol. The predicted molar refractivity (Wildman–Crippen MR) is 80.4 cm³/mol. The van der Waals surface area contributed by atoms with Crippen molar-refractivity contribution in [3.8, 4) is 5.75 Å². The standard InChI is InChI=1S/C17H27NO/c1-12(17(2,3)4)11-15(18)14-9-5-7-13-8-6-10-19-16(13)14/h5,7,9,12,15H,6,8,10-11,18H2,1-4H3. The fraction of sp³-hybridized carbons (Fsp3) is 0.647. The largest absolute Gasteiger partial charge is 0.493 e. The first-order valence-corrected chi connectivity index (χ1v) is 7.39. The number of hydrogen-bond donors (Lipinski definition) is 1. The van der Waals surface area contributed by atoms with Gasteiger partial charge in [-0.1, -0.05) is 45.9 Å². The fourth-order valence-corrected chi connectivity index (χ4v) is 2.57. The Morgan fingerprint density at radius 1 is 1.32 bits per heavy atom. The number of aryl methyl sites for hydroxylation is 1. The molecule has 0 bridgehead atoms. The average Bonchev–Trinajstić information content (AvgIpc) is 2.36. The fourth-order valence-electron chi connectivity index (χ4n) is 2.57. The Hall–Kier alpha value is -1.02. The van der Waals surface area contributed by atoms with E-state index in [1.54, 1.807) is 0 Å². The summed E-state index contributed by atoms with van der Waals surface area (Å²) >= 11 is 0. The van der Waals surface area contributed by atoms with Crippen molar-refractivity contribution in [2.75, 3.05) is 6.61 Å². The van der Waals surface area contributed by atoms with E-state index in [2.05, 4.69) is 45.9 Å². The topological polar surface area (TPSA) is 35.2 Å². The molecule has 1 aromatic carbocycles. The van der Waals surface area contributed by atoms with E-state index in [0.29, 0.717) is 11.3 Å². The molecule has 19 heavy (non-hydrogen) atoms. The maximum absolute atomic E-state index is 6.44. The van der Waals surface area contributed by atoms with Crippen LogP contribution in [-0.2, 0) is 6.42 Å². The molecule has 0 spiro atoms. The van der Waals surface area contributed by atoms with E-state index in [-0.39, 0.29) is 6.04 Å².